The summed E-state index contributed by atoms with van der Waals surface area (Å²) in [4.78, 5) is 14.4. The molecule has 2 N–H and O–H groups in total. The van der Waals surface area contributed by atoms with E-state index in [1.54, 1.807) is 7.11 Å². The molecular formula is C15H20N2O2. The fourth-order valence-electron chi connectivity index (χ4n) is 2.40. The predicted octanol–water partition coefficient (Wildman–Crippen LogP) is 1.68. The quantitative estimate of drug-likeness (QED) is 0.876. The van der Waals surface area contributed by atoms with Crippen molar-refractivity contribution in [3.8, 4) is 5.75 Å². The van der Waals surface area contributed by atoms with E-state index in [2.05, 4.69) is 0 Å². The summed E-state index contributed by atoms with van der Waals surface area (Å²) >= 11 is 0. The molecule has 1 amide bonds. The minimum absolute atomic E-state index is 0.112. The lowest BCUT2D eigenvalue weighted by molar-refractivity contribution is -0.134. The minimum Gasteiger partial charge on any atom is -0.496 e. The van der Waals surface area contributed by atoms with Crippen molar-refractivity contribution in [2.24, 2.45) is 5.73 Å². The van der Waals surface area contributed by atoms with Gasteiger partial charge in [-0.3, -0.25) is 4.79 Å². The monoisotopic (exact) mass is 260 g/mol. The molecule has 102 valence electrons. The molecule has 0 saturated heterocycles. The Hall–Kier alpha value is -1.55. The highest BCUT2D eigenvalue weighted by atomic mass is 16.5. The van der Waals surface area contributed by atoms with Crippen LogP contribution in [0.2, 0.25) is 0 Å². The average Bonchev–Trinajstić information content (AvgIpc) is 3.32. The van der Waals surface area contributed by atoms with Gasteiger partial charge in [0.15, 0.2) is 0 Å². The molecule has 19 heavy (non-hydrogen) atoms. The van der Waals surface area contributed by atoms with E-state index in [1.807, 2.05) is 29.2 Å². The lowest BCUT2D eigenvalue weighted by Gasteiger charge is -2.26. The number of hydrogen-bond acceptors (Lipinski definition) is 3. The maximum absolute atomic E-state index is 12.5. The van der Waals surface area contributed by atoms with Gasteiger partial charge in [0.25, 0.3) is 0 Å². The van der Waals surface area contributed by atoms with Crippen molar-refractivity contribution in [1.29, 1.82) is 0 Å². The summed E-state index contributed by atoms with van der Waals surface area (Å²) in [6.45, 7) is 0.604. The van der Waals surface area contributed by atoms with Crippen LogP contribution in [-0.2, 0) is 11.3 Å². The highest BCUT2D eigenvalue weighted by Gasteiger charge is 2.50. The molecule has 0 bridgehead atoms. The van der Waals surface area contributed by atoms with Gasteiger partial charge in [0, 0.05) is 18.2 Å². The number of carbonyl (C=O) groups excluding carboxylic acids is 1. The highest BCUT2D eigenvalue weighted by Crippen LogP contribution is 2.39. The fourth-order valence-corrected chi connectivity index (χ4v) is 2.40. The van der Waals surface area contributed by atoms with Crippen LogP contribution in [0.1, 0.15) is 31.2 Å². The van der Waals surface area contributed by atoms with Crippen LogP contribution in [0.15, 0.2) is 24.3 Å². The van der Waals surface area contributed by atoms with Crippen molar-refractivity contribution in [1.82, 2.24) is 4.90 Å². The number of carbonyl (C=O) groups is 1. The first-order chi connectivity index (χ1) is 9.14. The van der Waals surface area contributed by atoms with Crippen molar-refractivity contribution in [2.75, 3.05) is 7.11 Å². The van der Waals surface area contributed by atoms with E-state index < -0.39 is 5.54 Å². The number of ether oxygens (including phenoxy) is 1. The summed E-state index contributed by atoms with van der Waals surface area (Å²) in [5.41, 5.74) is 6.53. The van der Waals surface area contributed by atoms with Crippen molar-refractivity contribution < 1.29 is 9.53 Å². The van der Waals surface area contributed by atoms with Gasteiger partial charge in [-0.25, -0.2) is 0 Å². The molecule has 1 aromatic carbocycles. The fraction of sp³-hybridized carbons (Fsp3) is 0.533. The Balaban J connectivity index is 1.80. The van der Waals surface area contributed by atoms with Crippen LogP contribution < -0.4 is 10.5 Å². The van der Waals surface area contributed by atoms with Crippen LogP contribution in [0.4, 0.5) is 0 Å². The Morgan fingerprint density at radius 2 is 2.11 bits per heavy atom. The summed E-state index contributed by atoms with van der Waals surface area (Å²) in [5.74, 6) is 0.948. The van der Waals surface area contributed by atoms with Crippen LogP contribution >= 0.6 is 0 Å². The third-order valence-electron chi connectivity index (χ3n) is 4.00. The Bertz CT molecular complexity index is 493. The first-order valence-corrected chi connectivity index (χ1v) is 6.86. The van der Waals surface area contributed by atoms with Gasteiger partial charge >= 0.3 is 0 Å². The number of benzene rings is 1. The molecule has 2 aliphatic rings. The van der Waals surface area contributed by atoms with Crippen molar-refractivity contribution >= 4 is 5.91 Å². The Morgan fingerprint density at radius 1 is 1.42 bits per heavy atom. The average molecular weight is 260 g/mol. The molecule has 0 aliphatic heterocycles. The smallest absolute Gasteiger partial charge is 0.243 e. The number of methoxy groups -OCH3 is 1. The Kier molecular flexibility index (Phi) is 2.97. The van der Waals surface area contributed by atoms with Gasteiger partial charge < -0.3 is 15.4 Å². The molecule has 0 spiro atoms. The molecule has 1 aromatic rings. The first kappa shape index (κ1) is 12.5. The van der Waals surface area contributed by atoms with Crippen LogP contribution in [0.3, 0.4) is 0 Å². The molecule has 2 saturated carbocycles. The summed E-state index contributed by atoms with van der Waals surface area (Å²) in [6.07, 6.45) is 3.83. The Labute approximate surface area is 113 Å². The van der Waals surface area contributed by atoms with Gasteiger partial charge in [0.2, 0.25) is 5.91 Å². The highest BCUT2D eigenvalue weighted by molar-refractivity contribution is 5.89. The second kappa shape index (κ2) is 4.53. The second-order valence-corrected chi connectivity index (χ2v) is 5.63. The SMILES string of the molecule is COc1ccccc1CN(C(=O)C1(N)CC1)C1CC1. The number of nitrogens with zero attached hydrogens (tertiary/aromatic N) is 1. The van der Waals surface area contributed by atoms with Crippen LogP contribution in [0, 0.1) is 0 Å². The summed E-state index contributed by atoms with van der Waals surface area (Å²) in [6, 6.07) is 8.23. The standard InChI is InChI=1S/C15H20N2O2/c1-19-13-5-3-2-4-11(13)10-17(12-6-7-12)14(18)15(16)8-9-15/h2-5,12H,6-10,16H2,1H3. The van der Waals surface area contributed by atoms with E-state index in [0.29, 0.717) is 12.6 Å². The molecule has 0 atom stereocenters. The molecule has 2 aliphatic carbocycles. The summed E-state index contributed by atoms with van der Waals surface area (Å²) in [5, 5.41) is 0. The number of rotatable bonds is 5. The van der Waals surface area contributed by atoms with E-state index in [4.69, 9.17) is 10.5 Å². The minimum atomic E-state index is -0.579. The molecule has 2 fully saturated rings. The van der Waals surface area contributed by atoms with Crippen LogP contribution in [-0.4, -0.2) is 29.5 Å². The molecule has 4 nitrogen and oxygen atoms in total. The van der Waals surface area contributed by atoms with Gasteiger partial charge in [-0.2, -0.15) is 0 Å². The second-order valence-electron chi connectivity index (χ2n) is 5.63. The van der Waals surface area contributed by atoms with E-state index >= 15 is 0 Å². The third-order valence-corrected chi connectivity index (χ3v) is 4.00. The van der Waals surface area contributed by atoms with E-state index in [1.165, 1.54) is 0 Å². The van der Waals surface area contributed by atoms with Gasteiger partial charge in [-0.15, -0.1) is 0 Å². The molecule has 0 radical (unpaired) electrons. The van der Waals surface area contributed by atoms with Gasteiger partial charge in [-0.05, 0) is 31.7 Å². The van der Waals surface area contributed by atoms with Crippen LogP contribution in [0.25, 0.3) is 0 Å². The number of para-hydroxylation sites is 1. The number of amides is 1. The number of hydrogen-bond donors (Lipinski definition) is 1. The van der Waals surface area contributed by atoms with E-state index in [9.17, 15) is 4.79 Å². The van der Waals surface area contributed by atoms with Crippen molar-refractivity contribution in [3.05, 3.63) is 29.8 Å². The van der Waals surface area contributed by atoms with Crippen molar-refractivity contribution in [2.45, 2.75) is 43.8 Å². The number of nitrogens with two attached hydrogens (primary N) is 1. The predicted molar refractivity (Wildman–Crippen MR) is 72.7 cm³/mol. The zero-order valence-corrected chi connectivity index (χ0v) is 11.3. The lowest BCUT2D eigenvalue weighted by Crippen LogP contribution is -2.46. The van der Waals surface area contributed by atoms with Gasteiger partial charge in [0.05, 0.1) is 12.6 Å². The van der Waals surface area contributed by atoms with Gasteiger partial charge in [0.1, 0.15) is 5.75 Å². The molecule has 0 heterocycles. The largest absolute Gasteiger partial charge is 0.496 e. The topological polar surface area (TPSA) is 55.6 Å². The zero-order valence-electron chi connectivity index (χ0n) is 11.3. The lowest BCUT2D eigenvalue weighted by atomic mass is 10.1. The maximum Gasteiger partial charge on any atom is 0.243 e. The molecular weight excluding hydrogens is 240 g/mol. The normalized spacial score (nSPS) is 19.9. The van der Waals surface area contributed by atoms with Crippen LogP contribution in [0.5, 0.6) is 5.75 Å². The zero-order chi connectivity index (χ0) is 13.5. The first-order valence-electron chi connectivity index (χ1n) is 6.86. The van der Waals surface area contributed by atoms with E-state index in [0.717, 1.165) is 37.0 Å². The molecule has 3 rings (SSSR count). The molecule has 0 unspecified atom stereocenters. The third kappa shape index (κ3) is 2.45. The summed E-state index contributed by atoms with van der Waals surface area (Å²) < 4.78 is 5.36. The molecule has 4 heteroatoms. The molecule has 0 aromatic heterocycles. The van der Waals surface area contributed by atoms with Crippen molar-refractivity contribution in [3.63, 3.8) is 0 Å². The van der Waals surface area contributed by atoms with Gasteiger partial charge in [-0.1, -0.05) is 18.2 Å². The Morgan fingerprint density at radius 3 is 2.68 bits per heavy atom. The summed E-state index contributed by atoms with van der Waals surface area (Å²) in [7, 11) is 1.66. The van der Waals surface area contributed by atoms with E-state index in [-0.39, 0.29) is 5.91 Å². The maximum atomic E-state index is 12.5.